The van der Waals surface area contributed by atoms with Gasteiger partial charge in [0.05, 0.1) is 0 Å². The Balaban J connectivity index is 1.49. The molecule has 0 radical (unpaired) electrons. The van der Waals surface area contributed by atoms with Crippen LogP contribution in [0.5, 0.6) is 0 Å². The summed E-state index contributed by atoms with van der Waals surface area (Å²) in [4.78, 5) is 30.2. The molecule has 1 aliphatic heterocycles. The van der Waals surface area contributed by atoms with Gasteiger partial charge in [-0.15, -0.1) is 0 Å². The Bertz CT molecular complexity index is 905. The summed E-state index contributed by atoms with van der Waals surface area (Å²) in [6.45, 7) is 1.50. The molecule has 2 aromatic rings. The van der Waals surface area contributed by atoms with Crippen molar-refractivity contribution < 1.29 is 27.5 Å². The number of rotatable bonds is 6. The van der Waals surface area contributed by atoms with Crippen molar-refractivity contribution in [2.45, 2.75) is 25.1 Å². The number of benzene rings is 1. The summed E-state index contributed by atoms with van der Waals surface area (Å²) < 4.78 is 44.4. The van der Waals surface area contributed by atoms with E-state index in [2.05, 4.69) is 25.3 Å². The van der Waals surface area contributed by atoms with Crippen LogP contribution in [0.1, 0.15) is 12.8 Å². The zero-order valence-electron chi connectivity index (χ0n) is 16.9. The number of alkyl halides is 3. The molecule has 11 heteroatoms. The Morgan fingerprint density at radius 1 is 1.12 bits per heavy atom. The lowest BCUT2D eigenvalue weighted by Crippen LogP contribution is -2.49. The molecule has 32 heavy (non-hydrogen) atoms. The smallest absolute Gasteiger partial charge is 0.426 e. The zero-order chi connectivity index (χ0) is 23.1. The summed E-state index contributed by atoms with van der Waals surface area (Å²) in [7, 11) is 0. The van der Waals surface area contributed by atoms with Crippen LogP contribution in [0.15, 0.2) is 48.8 Å². The number of piperidine rings is 1. The highest BCUT2D eigenvalue weighted by atomic mass is 35.5. The quantitative estimate of drug-likeness (QED) is 0.659. The molecule has 1 aromatic carbocycles. The van der Waals surface area contributed by atoms with Gasteiger partial charge in [0.25, 0.3) is 12.0 Å². The number of ether oxygens (including phenoxy) is 1. The minimum atomic E-state index is -5.05. The topological polar surface area (TPSA) is 83.6 Å². The van der Waals surface area contributed by atoms with Crippen molar-refractivity contribution in [2.24, 2.45) is 5.92 Å². The monoisotopic (exact) mass is 470 g/mol. The van der Waals surface area contributed by atoms with Gasteiger partial charge in [-0.1, -0.05) is 11.6 Å². The highest BCUT2D eigenvalue weighted by Gasteiger charge is 2.48. The van der Waals surface area contributed by atoms with Crippen molar-refractivity contribution in [1.29, 1.82) is 0 Å². The van der Waals surface area contributed by atoms with Gasteiger partial charge in [-0.05, 0) is 55.2 Å². The highest BCUT2D eigenvalue weighted by molar-refractivity contribution is 6.30. The minimum Gasteiger partial charge on any atom is -0.426 e. The summed E-state index contributed by atoms with van der Waals surface area (Å²) in [6.07, 6.45) is -4.55. The second kappa shape index (κ2) is 10.5. The second-order valence-corrected chi connectivity index (χ2v) is 7.78. The highest BCUT2D eigenvalue weighted by Crippen LogP contribution is 2.25. The molecular weight excluding hydrogens is 449 g/mol. The van der Waals surface area contributed by atoms with E-state index in [1.54, 1.807) is 12.4 Å². The van der Waals surface area contributed by atoms with Gasteiger partial charge in [-0.2, -0.15) is 13.2 Å². The van der Waals surface area contributed by atoms with E-state index in [4.69, 9.17) is 11.6 Å². The fourth-order valence-corrected chi connectivity index (χ4v) is 3.47. The number of amides is 2. The van der Waals surface area contributed by atoms with E-state index in [-0.39, 0.29) is 18.2 Å². The SMILES string of the molecule is O=C(Nc1ccc(Cl)cc1)OC(C(=O)NCC1CCN(c2ccncc2)CC1)C(F)(F)F. The molecule has 1 atom stereocenters. The van der Waals surface area contributed by atoms with Crippen LogP contribution in [0, 0.1) is 5.92 Å². The number of aromatic nitrogens is 1. The average Bonchev–Trinajstić information content (AvgIpc) is 2.77. The maximum absolute atomic E-state index is 13.3. The normalized spacial score (nSPS) is 15.7. The summed E-state index contributed by atoms with van der Waals surface area (Å²) in [5.74, 6) is -1.38. The van der Waals surface area contributed by atoms with E-state index < -0.39 is 24.3 Å². The number of anilines is 2. The van der Waals surface area contributed by atoms with Crippen molar-refractivity contribution in [2.75, 3.05) is 29.9 Å². The van der Waals surface area contributed by atoms with E-state index in [0.29, 0.717) is 31.0 Å². The number of hydrogen-bond donors (Lipinski definition) is 2. The van der Waals surface area contributed by atoms with E-state index in [1.165, 1.54) is 24.3 Å². The van der Waals surface area contributed by atoms with E-state index >= 15 is 0 Å². The van der Waals surface area contributed by atoms with Crippen LogP contribution in [0.4, 0.5) is 29.3 Å². The van der Waals surface area contributed by atoms with E-state index in [0.717, 1.165) is 5.69 Å². The van der Waals surface area contributed by atoms with Crippen LogP contribution < -0.4 is 15.5 Å². The molecule has 0 saturated carbocycles. The first-order valence-corrected chi connectivity index (χ1v) is 10.3. The van der Waals surface area contributed by atoms with Gasteiger partial charge >= 0.3 is 12.3 Å². The molecule has 3 rings (SSSR count). The third kappa shape index (κ3) is 6.74. The predicted molar refractivity (Wildman–Crippen MR) is 114 cm³/mol. The number of carbonyl (C=O) groups excluding carboxylic acids is 2. The van der Waals surface area contributed by atoms with Gasteiger partial charge in [0.1, 0.15) is 0 Å². The van der Waals surface area contributed by atoms with Gasteiger partial charge in [0.15, 0.2) is 0 Å². The Morgan fingerprint density at radius 2 is 1.75 bits per heavy atom. The van der Waals surface area contributed by atoms with E-state index in [1.807, 2.05) is 12.1 Å². The standard InChI is InChI=1S/C21H22ClF3N4O3/c22-15-1-3-16(4-2-15)28-20(31)32-18(21(23,24)25)19(30)27-13-14-7-11-29(12-8-14)17-5-9-26-10-6-17/h1-6,9-10,14,18H,7-8,11-13H2,(H,27,30)(H,28,31). The summed E-state index contributed by atoms with van der Waals surface area (Å²) >= 11 is 5.72. The summed E-state index contributed by atoms with van der Waals surface area (Å²) in [5, 5.41) is 4.81. The Labute approximate surface area is 187 Å². The molecule has 172 valence electrons. The second-order valence-electron chi connectivity index (χ2n) is 7.34. The largest absolute Gasteiger partial charge is 0.434 e. The van der Waals surface area contributed by atoms with Gasteiger partial charge < -0.3 is 15.0 Å². The number of nitrogens with one attached hydrogen (secondary N) is 2. The van der Waals surface area contributed by atoms with Crippen molar-refractivity contribution in [3.05, 3.63) is 53.8 Å². The molecule has 0 aliphatic carbocycles. The van der Waals surface area contributed by atoms with Crippen LogP contribution in [0.3, 0.4) is 0 Å². The third-order valence-electron chi connectivity index (χ3n) is 5.06. The molecule has 2 heterocycles. The first kappa shape index (κ1) is 23.6. The lowest BCUT2D eigenvalue weighted by atomic mass is 9.96. The Hall–Kier alpha value is -3.01. The average molecular weight is 471 g/mol. The Morgan fingerprint density at radius 3 is 2.34 bits per heavy atom. The Kier molecular flexibility index (Phi) is 7.79. The third-order valence-corrected chi connectivity index (χ3v) is 5.31. The molecule has 0 spiro atoms. The minimum absolute atomic E-state index is 0.0221. The number of halogens is 4. The number of hydrogen-bond acceptors (Lipinski definition) is 5. The number of carbonyl (C=O) groups is 2. The lowest BCUT2D eigenvalue weighted by molar-refractivity contribution is -0.204. The fraction of sp³-hybridized carbons (Fsp3) is 0.381. The maximum Gasteiger partial charge on any atom is 0.434 e. The molecule has 7 nitrogen and oxygen atoms in total. The van der Waals surface area contributed by atoms with Crippen LogP contribution in [0.2, 0.25) is 5.02 Å². The molecule has 2 N–H and O–H groups in total. The first-order chi connectivity index (χ1) is 15.2. The van der Waals surface area contributed by atoms with Crippen LogP contribution in [-0.2, 0) is 9.53 Å². The van der Waals surface area contributed by atoms with Gasteiger partial charge in [0, 0.05) is 48.4 Å². The van der Waals surface area contributed by atoms with Crippen LogP contribution in [0.25, 0.3) is 0 Å². The molecular formula is C21H22ClF3N4O3. The van der Waals surface area contributed by atoms with Crippen LogP contribution >= 0.6 is 11.6 Å². The van der Waals surface area contributed by atoms with Gasteiger partial charge in [0.2, 0.25) is 0 Å². The van der Waals surface area contributed by atoms with Crippen LogP contribution in [-0.4, -0.2) is 48.9 Å². The van der Waals surface area contributed by atoms with Crippen molar-refractivity contribution in [3.63, 3.8) is 0 Å². The summed E-state index contributed by atoms with van der Waals surface area (Å²) in [6, 6.07) is 9.47. The molecule has 1 aliphatic rings. The van der Waals surface area contributed by atoms with Crippen molar-refractivity contribution in [1.82, 2.24) is 10.3 Å². The zero-order valence-corrected chi connectivity index (χ0v) is 17.7. The van der Waals surface area contributed by atoms with Gasteiger partial charge in [-0.25, -0.2) is 4.79 Å². The van der Waals surface area contributed by atoms with E-state index in [9.17, 15) is 22.8 Å². The fourth-order valence-electron chi connectivity index (χ4n) is 3.34. The van der Waals surface area contributed by atoms with Gasteiger partial charge in [-0.3, -0.25) is 15.1 Å². The first-order valence-electron chi connectivity index (χ1n) is 9.95. The van der Waals surface area contributed by atoms with Crippen molar-refractivity contribution >= 4 is 35.0 Å². The molecule has 1 fully saturated rings. The number of nitrogens with zero attached hydrogens (tertiary/aromatic N) is 2. The molecule has 1 aromatic heterocycles. The lowest BCUT2D eigenvalue weighted by Gasteiger charge is -2.33. The number of pyridine rings is 1. The maximum atomic E-state index is 13.3. The molecule has 1 unspecified atom stereocenters. The predicted octanol–water partition coefficient (Wildman–Crippen LogP) is 4.25. The molecule has 0 bridgehead atoms. The molecule has 2 amide bonds. The van der Waals surface area contributed by atoms with Crippen molar-refractivity contribution in [3.8, 4) is 0 Å². The molecule has 1 saturated heterocycles. The summed E-state index contributed by atoms with van der Waals surface area (Å²) in [5.41, 5.74) is 1.21.